The Morgan fingerprint density at radius 3 is 2.37 bits per heavy atom. The number of carbonyl (C=O) groups is 3. The first-order valence-electron chi connectivity index (χ1n) is 18.1. The maximum Gasteiger partial charge on any atom is 0.276 e. The van der Waals surface area contributed by atoms with Crippen molar-refractivity contribution >= 4 is 34.2 Å². The van der Waals surface area contributed by atoms with Gasteiger partial charge in [0.2, 0.25) is 11.8 Å². The molecule has 1 unspecified atom stereocenters. The van der Waals surface area contributed by atoms with Crippen LogP contribution in [0.25, 0.3) is 22.0 Å². The van der Waals surface area contributed by atoms with Gasteiger partial charge >= 0.3 is 0 Å². The summed E-state index contributed by atoms with van der Waals surface area (Å²) >= 11 is 0. The summed E-state index contributed by atoms with van der Waals surface area (Å²) in [5.41, 5.74) is 5.17. The zero-order valence-electron chi connectivity index (χ0n) is 30.1. The number of anilines is 1. The summed E-state index contributed by atoms with van der Waals surface area (Å²) in [6.07, 6.45) is 7.63. The number of pyridine rings is 1. The molecule has 0 spiro atoms. The molecule has 3 fully saturated rings. The largest absolute Gasteiger partial charge is 0.496 e. The molecule has 274 valence electrons. The van der Waals surface area contributed by atoms with Crippen LogP contribution in [0.15, 0.2) is 53.6 Å². The molecule has 5 heterocycles. The number of benzene rings is 2. The molecule has 13 nitrogen and oxygen atoms in total. The number of hydrogen-bond acceptors (Lipinski definition) is 10. The Bertz CT molecular complexity index is 1980. The van der Waals surface area contributed by atoms with Crippen molar-refractivity contribution in [2.75, 3.05) is 52.3 Å². The number of amides is 2. The fourth-order valence-electron chi connectivity index (χ4n) is 7.92. The van der Waals surface area contributed by atoms with Gasteiger partial charge in [-0.2, -0.15) is 5.10 Å². The van der Waals surface area contributed by atoms with E-state index in [9.17, 15) is 19.2 Å². The SMILES string of the molecule is COc1cc(-c2cn(C)c(=O)c3[nH]ncc23)cc(OC)c1CN1CC(CC(=O)CCN2CCC(c3ccc(NC4CCC(=O)NC4=O)cc3)CC2)C1. The highest BCUT2D eigenvalue weighted by Gasteiger charge is 2.31. The van der Waals surface area contributed by atoms with Crippen LogP contribution in [-0.4, -0.2) is 95.1 Å². The number of nitrogens with one attached hydrogen (secondary N) is 3. The van der Waals surface area contributed by atoms with Crippen LogP contribution in [-0.2, 0) is 28.0 Å². The summed E-state index contributed by atoms with van der Waals surface area (Å²) in [5, 5.41) is 13.3. The monoisotopic (exact) mass is 709 g/mol. The lowest BCUT2D eigenvalue weighted by molar-refractivity contribution is -0.133. The number of carbonyl (C=O) groups excluding carboxylic acids is 3. The number of nitrogens with zero attached hydrogens (tertiary/aromatic N) is 4. The number of ketones is 1. The van der Waals surface area contributed by atoms with Gasteiger partial charge < -0.3 is 24.3 Å². The third kappa shape index (κ3) is 7.61. The summed E-state index contributed by atoms with van der Waals surface area (Å²) in [6.45, 7) is 5.11. The van der Waals surface area contributed by atoms with Gasteiger partial charge in [-0.25, -0.2) is 0 Å². The van der Waals surface area contributed by atoms with E-state index in [4.69, 9.17) is 9.47 Å². The summed E-state index contributed by atoms with van der Waals surface area (Å²) in [4.78, 5) is 53.8. The van der Waals surface area contributed by atoms with Crippen LogP contribution in [0, 0.1) is 5.92 Å². The van der Waals surface area contributed by atoms with Crippen molar-refractivity contribution in [2.45, 2.75) is 57.0 Å². The van der Waals surface area contributed by atoms with E-state index in [0.717, 1.165) is 73.3 Å². The Morgan fingerprint density at radius 1 is 0.981 bits per heavy atom. The molecule has 0 bridgehead atoms. The molecular formula is C39H47N7O6. The Morgan fingerprint density at radius 2 is 1.69 bits per heavy atom. The van der Waals surface area contributed by atoms with Crippen LogP contribution >= 0.6 is 0 Å². The number of ether oxygens (including phenoxy) is 2. The molecular weight excluding hydrogens is 662 g/mol. The molecule has 2 amide bonds. The number of aryl methyl sites for hydroxylation is 1. The van der Waals surface area contributed by atoms with Crippen molar-refractivity contribution in [3.05, 3.63) is 70.3 Å². The highest BCUT2D eigenvalue weighted by Crippen LogP contribution is 2.39. The lowest BCUT2D eigenvalue weighted by Crippen LogP contribution is -2.47. The number of methoxy groups -OCH3 is 2. The van der Waals surface area contributed by atoms with Crippen LogP contribution in [0.1, 0.15) is 55.6 Å². The van der Waals surface area contributed by atoms with Gasteiger partial charge in [-0.05, 0) is 79.6 Å². The number of aromatic amines is 1. The first-order valence-corrected chi connectivity index (χ1v) is 18.1. The van der Waals surface area contributed by atoms with Crippen molar-refractivity contribution in [1.29, 1.82) is 0 Å². The van der Waals surface area contributed by atoms with E-state index in [1.807, 2.05) is 24.3 Å². The second kappa shape index (κ2) is 15.3. The molecule has 3 aliphatic heterocycles. The zero-order valence-corrected chi connectivity index (χ0v) is 30.1. The van der Waals surface area contributed by atoms with Crippen molar-refractivity contribution in [2.24, 2.45) is 13.0 Å². The third-order valence-electron chi connectivity index (χ3n) is 10.9. The molecule has 1 atom stereocenters. The van der Waals surface area contributed by atoms with Gasteiger partial charge in [0, 0.05) is 75.3 Å². The first-order chi connectivity index (χ1) is 25.2. The second-order valence-electron chi connectivity index (χ2n) is 14.4. The maximum absolute atomic E-state index is 13.0. The fourth-order valence-corrected chi connectivity index (χ4v) is 7.92. The van der Waals surface area contributed by atoms with Gasteiger partial charge in [0.05, 0.1) is 26.0 Å². The van der Waals surface area contributed by atoms with E-state index in [0.29, 0.717) is 66.9 Å². The minimum atomic E-state index is -0.383. The minimum Gasteiger partial charge on any atom is -0.496 e. The average molecular weight is 710 g/mol. The zero-order chi connectivity index (χ0) is 36.4. The number of hydrogen-bond donors (Lipinski definition) is 3. The second-order valence-corrected chi connectivity index (χ2v) is 14.4. The number of rotatable bonds is 13. The highest BCUT2D eigenvalue weighted by atomic mass is 16.5. The molecule has 52 heavy (non-hydrogen) atoms. The molecule has 0 radical (unpaired) electrons. The number of likely N-dealkylation sites (tertiary alicyclic amines) is 2. The Labute approximate surface area is 302 Å². The molecule has 13 heteroatoms. The van der Waals surface area contributed by atoms with Gasteiger partial charge in [0.1, 0.15) is 28.8 Å². The standard InChI is InChI=1S/C39H47N7O6/c1-44-22-31(30-19-40-43-37(30)39(44)50)27-17-34(51-2)32(35(18-27)52-3)23-46-20-24(21-46)16-29(47)12-15-45-13-10-26(11-14-45)25-4-6-28(7-5-25)41-33-8-9-36(48)42-38(33)49/h4-7,17-19,22,24,26,33,41H,8-16,20-21,23H2,1-3H3,(H,40,43)(H,42,48,49). The highest BCUT2D eigenvalue weighted by molar-refractivity contribution is 6.01. The van der Waals surface area contributed by atoms with E-state index in [-0.39, 0.29) is 23.4 Å². The van der Waals surface area contributed by atoms with Crippen molar-refractivity contribution in [3.63, 3.8) is 0 Å². The van der Waals surface area contributed by atoms with E-state index < -0.39 is 0 Å². The molecule has 2 aromatic heterocycles. The summed E-state index contributed by atoms with van der Waals surface area (Å²) in [5.74, 6) is 2.10. The molecule has 3 N–H and O–H groups in total. The van der Waals surface area contributed by atoms with E-state index in [1.54, 1.807) is 38.2 Å². The summed E-state index contributed by atoms with van der Waals surface area (Å²) < 4.78 is 13.2. The maximum atomic E-state index is 13.0. The van der Waals surface area contributed by atoms with E-state index in [2.05, 4.69) is 42.8 Å². The number of fused-ring (bicyclic) bond motifs is 1. The van der Waals surface area contributed by atoms with Crippen molar-refractivity contribution in [1.82, 2.24) is 29.9 Å². The Kier molecular flexibility index (Phi) is 10.4. The first kappa shape index (κ1) is 35.4. The number of imide groups is 1. The molecule has 0 aliphatic carbocycles. The predicted octanol–water partition coefficient (Wildman–Crippen LogP) is 3.82. The minimum absolute atomic E-state index is 0.138. The molecule has 4 aromatic rings. The van der Waals surface area contributed by atoms with Crippen LogP contribution in [0.3, 0.4) is 0 Å². The number of aromatic nitrogens is 3. The van der Waals surface area contributed by atoms with Gasteiger partial charge in [-0.15, -0.1) is 0 Å². The van der Waals surface area contributed by atoms with E-state index in [1.165, 1.54) is 5.56 Å². The predicted molar refractivity (Wildman–Crippen MR) is 198 cm³/mol. The van der Waals surface area contributed by atoms with Gasteiger partial charge in [-0.1, -0.05) is 12.1 Å². The van der Waals surface area contributed by atoms with Gasteiger partial charge in [0.15, 0.2) is 0 Å². The number of piperidine rings is 2. The van der Waals surface area contributed by atoms with E-state index >= 15 is 0 Å². The fraction of sp³-hybridized carbons (Fsp3) is 0.462. The molecule has 3 aliphatic rings. The Hall–Kier alpha value is -5.01. The normalized spacial score (nSPS) is 19.0. The third-order valence-corrected chi connectivity index (χ3v) is 10.9. The number of Topliss-reactive ketones (excluding diaryl/α,β-unsaturated/α-hetero) is 1. The summed E-state index contributed by atoms with van der Waals surface area (Å²) in [6, 6.07) is 11.9. The lowest BCUT2D eigenvalue weighted by Gasteiger charge is -2.39. The average Bonchev–Trinajstić information content (AvgIpc) is 3.63. The van der Waals surface area contributed by atoms with Crippen LogP contribution in [0.4, 0.5) is 5.69 Å². The van der Waals surface area contributed by atoms with Gasteiger partial charge in [0.25, 0.3) is 5.56 Å². The lowest BCUT2D eigenvalue weighted by atomic mass is 9.89. The van der Waals surface area contributed by atoms with Gasteiger partial charge in [-0.3, -0.25) is 34.5 Å². The smallest absolute Gasteiger partial charge is 0.276 e. The molecule has 2 aromatic carbocycles. The summed E-state index contributed by atoms with van der Waals surface area (Å²) in [7, 11) is 5.02. The molecule has 7 rings (SSSR count). The number of H-pyrrole nitrogens is 1. The molecule has 3 saturated heterocycles. The van der Waals surface area contributed by atoms with Crippen LogP contribution < -0.4 is 25.7 Å². The topological polar surface area (TPSA) is 151 Å². The van der Waals surface area contributed by atoms with Crippen molar-refractivity contribution < 1.29 is 23.9 Å². The van der Waals surface area contributed by atoms with Crippen molar-refractivity contribution in [3.8, 4) is 22.6 Å². The quantitative estimate of drug-likeness (QED) is 0.175. The Balaban J connectivity index is 0.852. The molecule has 0 saturated carbocycles. The van der Waals surface area contributed by atoms with Crippen LogP contribution in [0.2, 0.25) is 0 Å². The van der Waals surface area contributed by atoms with Crippen LogP contribution in [0.5, 0.6) is 11.5 Å².